The van der Waals surface area contributed by atoms with E-state index in [1.807, 2.05) is 13.8 Å². The van der Waals surface area contributed by atoms with Crippen LogP contribution in [0.2, 0.25) is 5.15 Å². The van der Waals surface area contributed by atoms with Crippen LogP contribution in [0.3, 0.4) is 0 Å². The summed E-state index contributed by atoms with van der Waals surface area (Å²) in [6.45, 7) is 4.99. The van der Waals surface area contributed by atoms with Gasteiger partial charge in [-0.3, -0.25) is 0 Å². The van der Waals surface area contributed by atoms with E-state index < -0.39 is 5.60 Å². The Kier molecular flexibility index (Phi) is 5.85. The minimum atomic E-state index is -0.524. The van der Waals surface area contributed by atoms with E-state index in [0.717, 1.165) is 32.2 Å². The van der Waals surface area contributed by atoms with Gasteiger partial charge in [0.2, 0.25) is 0 Å². The van der Waals surface area contributed by atoms with E-state index >= 15 is 0 Å². The lowest BCUT2D eigenvalue weighted by Gasteiger charge is -2.32. The topological polar surface area (TPSA) is 63.2 Å². The van der Waals surface area contributed by atoms with Crippen LogP contribution in [0.4, 0.5) is 5.82 Å². The third-order valence-electron chi connectivity index (χ3n) is 5.01. The molecule has 5 nitrogen and oxygen atoms in total. The highest BCUT2D eigenvalue weighted by atomic mass is 35.5. The van der Waals surface area contributed by atoms with E-state index in [9.17, 15) is 4.79 Å². The Morgan fingerprint density at radius 1 is 1.32 bits per heavy atom. The van der Waals surface area contributed by atoms with Crippen LogP contribution in [-0.4, -0.2) is 35.2 Å². The molecular formula is C19H28ClN3O2. The Hall–Kier alpha value is -1.33. The molecule has 1 saturated heterocycles. The molecule has 138 valence electrons. The number of carbonyl (C=O) groups is 1. The summed E-state index contributed by atoms with van der Waals surface area (Å²) >= 11 is 6.10. The van der Waals surface area contributed by atoms with Gasteiger partial charge in [-0.25, -0.2) is 9.78 Å². The second kappa shape index (κ2) is 7.92. The Labute approximate surface area is 154 Å². The van der Waals surface area contributed by atoms with Gasteiger partial charge in [-0.15, -0.1) is 0 Å². The first-order valence-corrected chi connectivity index (χ1v) is 9.70. The molecule has 2 fully saturated rings. The van der Waals surface area contributed by atoms with E-state index in [1.165, 1.54) is 19.3 Å². The molecule has 2 aliphatic rings. The fourth-order valence-corrected chi connectivity index (χ4v) is 3.70. The van der Waals surface area contributed by atoms with Crippen molar-refractivity contribution >= 4 is 23.4 Å². The smallest absolute Gasteiger partial charge is 0.338 e. The predicted octanol–water partition coefficient (Wildman–Crippen LogP) is 4.17. The monoisotopic (exact) mass is 365 g/mol. The van der Waals surface area contributed by atoms with Gasteiger partial charge in [-0.1, -0.05) is 18.0 Å². The van der Waals surface area contributed by atoms with Crippen LogP contribution in [0.1, 0.15) is 69.2 Å². The number of pyridine rings is 1. The summed E-state index contributed by atoms with van der Waals surface area (Å²) in [5.41, 5.74) is -0.0739. The highest BCUT2D eigenvalue weighted by molar-refractivity contribution is 6.29. The molecule has 1 aromatic rings. The average Bonchev–Trinajstić information content (AvgIpc) is 2.50. The van der Waals surface area contributed by atoms with Crippen LogP contribution in [-0.2, 0) is 4.74 Å². The number of piperidine rings is 1. The molecule has 0 bridgehead atoms. The zero-order valence-corrected chi connectivity index (χ0v) is 15.9. The Morgan fingerprint density at radius 2 is 2.12 bits per heavy atom. The molecule has 0 spiro atoms. The fourth-order valence-electron chi connectivity index (χ4n) is 3.49. The first kappa shape index (κ1) is 18.5. The lowest BCUT2D eigenvalue weighted by atomic mass is 9.93. The van der Waals surface area contributed by atoms with Gasteiger partial charge in [0, 0.05) is 18.5 Å². The molecule has 0 aromatic carbocycles. The van der Waals surface area contributed by atoms with E-state index in [0.29, 0.717) is 28.6 Å². The van der Waals surface area contributed by atoms with E-state index in [-0.39, 0.29) is 5.97 Å². The third kappa shape index (κ3) is 5.32. The number of aromatic nitrogens is 1. The third-order valence-corrected chi connectivity index (χ3v) is 5.20. The number of hydrogen-bond donors (Lipinski definition) is 2. The lowest BCUT2D eigenvalue weighted by Crippen LogP contribution is -2.41. The maximum atomic E-state index is 12.6. The highest BCUT2D eigenvalue weighted by Crippen LogP contribution is 2.26. The van der Waals surface area contributed by atoms with Crippen molar-refractivity contribution in [2.45, 2.75) is 76.5 Å². The first-order chi connectivity index (χ1) is 11.9. The number of anilines is 1. The molecule has 2 N–H and O–H groups in total. The number of carbonyl (C=O) groups excluding carboxylic acids is 1. The Bertz CT molecular complexity index is 611. The van der Waals surface area contributed by atoms with Gasteiger partial charge in [-0.2, -0.15) is 0 Å². The quantitative estimate of drug-likeness (QED) is 0.585. The number of halogens is 1. The summed E-state index contributed by atoms with van der Waals surface area (Å²) < 4.78 is 5.79. The Morgan fingerprint density at radius 3 is 2.76 bits per heavy atom. The van der Waals surface area contributed by atoms with Crippen molar-refractivity contribution in [3.63, 3.8) is 0 Å². The van der Waals surface area contributed by atoms with Gasteiger partial charge in [0.1, 0.15) is 16.6 Å². The molecule has 0 amide bonds. The molecular weight excluding hydrogens is 338 g/mol. The molecule has 6 heteroatoms. The fraction of sp³-hybridized carbons (Fsp3) is 0.684. The van der Waals surface area contributed by atoms with Crippen molar-refractivity contribution in [1.29, 1.82) is 0 Å². The van der Waals surface area contributed by atoms with Crippen LogP contribution >= 0.6 is 11.6 Å². The molecule has 2 heterocycles. The molecule has 1 aliphatic carbocycles. The zero-order chi connectivity index (χ0) is 17.9. The molecule has 1 aromatic heterocycles. The predicted molar refractivity (Wildman–Crippen MR) is 100 cm³/mol. The molecule has 3 rings (SSSR count). The van der Waals surface area contributed by atoms with Crippen molar-refractivity contribution < 1.29 is 9.53 Å². The largest absolute Gasteiger partial charge is 0.456 e. The van der Waals surface area contributed by atoms with Gasteiger partial charge in [-0.05, 0) is 64.6 Å². The van der Waals surface area contributed by atoms with Crippen LogP contribution in [0.25, 0.3) is 0 Å². The molecule has 1 atom stereocenters. The van der Waals surface area contributed by atoms with E-state index in [4.69, 9.17) is 16.3 Å². The number of esters is 1. The Balaban J connectivity index is 1.62. The lowest BCUT2D eigenvalue weighted by molar-refractivity contribution is -0.00976. The number of nitrogens with one attached hydrogen (secondary N) is 2. The van der Waals surface area contributed by atoms with E-state index in [2.05, 4.69) is 15.6 Å². The van der Waals surface area contributed by atoms with Crippen LogP contribution in [0, 0.1) is 0 Å². The number of hydrogen-bond acceptors (Lipinski definition) is 5. The summed E-state index contributed by atoms with van der Waals surface area (Å²) in [5.74, 6) is 0.303. The van der Waals surface area contributed by atoms with Crippen LogP contribution < -0.4 is 10.6 Å². The summed E-state index contributed by atoms with van der Waals surface area (Å²) in [6.07, 6.45) is 7.91. The highest BCUT2D eigenvalue weighted by Gasteiger charge is 2.29. The van der Waals surface area contributed by atoms with Gasteiger partial charge in [0.25, 0.3) is 0 Å². The van der Waals surface area contributed by atoms with Gasteiger partial charge in [0.05, 0.1) is 5.56 Å². The zero-order valence-electron chi connectivity index (χ0n) is 15.1. The maximum absolute atomic E-state index is 12.6. The second-order valence-corrected chi connectivity index (χ2v) is 8.22. The normalized spacial score (nSPS) is 21.5. The SMILES string of the molecule is CC(C)(CC1CCCCN1)OC(=O)c1cc(Cl)nc(NC2CCC2)c1. The average molecular weight is 366 g/mol. The molecule has 1 unspecified atom stereocenters. The van der Waals surface area contributed by atoms with Crippen molar-refractivity contribution in [1.82, 2.24) is 10.3 Å². The number of ether oxygens (including phenoxy) is 1. The standard InChI is InChI=1S/C19H28ClN3O2/c1-19(2,12-15-6-3-4-9-21-15)25-18(24)13-10-16(20)23-17(11-13)22-14-7-5-8-14/h10-11,14-15,21H,3-9,12H2,1-2H3,(H,22,23). The molecule has 1 aliphatic heterocycles. The number of rotatable bonds is 6. The van der Waals surface area contributed by atoms with Gasteiger partial charge < -0.3 is 15.4 Å². The molecule has 25 heavy (non-hydrogen) atoms. The van der Waals surface area contributed by atoms with Crippen LogP contribution in [0.15, 0.2) is 12.1 Å². The minimum absolute atomic E-state index is 0.308. The van der Waals surface area contributed by atoms with E-state index in [1.54, 1.807) is 12.1 Å². The molecule has 0 radical (unpaired) electrons. The van der Waals surface area contributed by atoms with Crippen molar-refractivity contribution in [2.75, 3.05) is 11.9 Å². The summed E-state index contributed by atoms with van der Waals surface area (Å²) in [4.78, 5) is 16.9. The second-order valence-electron chi connectivity index (χ2n) is 7.84. The van der Waals surface area contributed by atoms with Gasteiger partial charge in [0.15, 0.2) is 0 Å². The summed E-state index contributed by atoms with van der Waals surface area (Å²) in [6, 6.07) is 4.16. The minimum Gasteiger partial charge on any atom is -0.456 e. The summed E-state index contributed by atoms with van der Waals surface area (Å²) in [5, 5.41) is 7.15. The molecule has 1 saturated carbocycles. The number of nitrogens with zero attached hydrogens (tertiary/aromatic N) is 1. The summed E-state index contributed by atoms with van der Waals surface area (Å²) in [7, 11) is 0. The van der Waals surface area contributed by atoms with Gasteiger partial charge >= 0.3 is 5.97 Å². The van der Waals surface area contributed by atoms with Crippen molar-refractivity contribution in [3.05, 3.63) is 22.8 Å². The first-order valence-electron chi connectivity index (χ1n) is 9.32. The van der Waals surface area contributed by atoms with Crippen LogP contribution in [0.5, 0.6) is 0 Å². The maximum Gasteiger partial charge on any atom is 0.338 e. The van der Waals surface area contributed by atoms with Crippen molar-refractivity contribution in [3.8, 4) is 0 Å². The van der Waals surface area contributed by atoms with Crippen molar-refractivity contribution in [2.24, 2.45) is 0 Å².